The number of sulfonamides is 1. The molecule has 0 spiro atoms. The fraction of sp³-hybridized carbons (Fsp3) is 0.130. The van der Waals surface area contributed by atoms with Gasteiger partial charge >= 0.3 is 0 Å². The summed E-state index contributed by atoms with van der Waals surface area (Å²) in [5.41, 5.74) is 5.03. The number of benzene rings is 2. The van der Waals surface area contributed by atoms with Crippen LogP contribution in [0.4, 0.5) is 11.4 Å². The lowest BCUT2D eigenvalue weighted by Gasteiger charge is -2.12. The van der Waals surface area contributed by atoms with Crippen LogP contribution >= 0.6 is 0 Å². The fourth-order valence-electron chi connectivity index (χ4n) is 3.41. The summed E-state index contributed by atoms with van der Waals surface area (Å²) in [7, 11) is -3.81. The number of hydrogen-bond acceptors (Lipinski definition) is 4. The Morgan fingerprint density at radius 3 is 2.55 bits per heavy atom. The third-order valence-corrected chi connectivity index (χ3v) is 6.35. The minimum absolute atomic E-state index is 0.148. The summed E-state index contributed by atoms with van der Waals surface area (Å²) in [5.74, 6) is -0.216. The average molecular weight is 435 g/mol. The first-order chi connectivity index (χ1) is 14.7. The molecule has 0 aliphatic heterocycles. The Morgan fingerprint density at radius 2 is 1.81 bits per heavy atom. The molecule has 0 atom stereocenters. The highest BCUT2D eigenvalue weighted by Crippen LogP contribution is 2.26. The van der Waals surface area contributed by atoms with E-state index in [4.69, 9.17) is 0 Å². The molecule has 2 aromatic heterocycles. The lowest BCUT2D eigenvalue weighted by atomic mass is 10.1. The van der Waals surface area contributed by atoms with Crippen molar-refractivity contribution in [1.82, 2.24) is 9.38 Å². The van der Waals surface area contributed by atoms with E-state index in [2.05, 4.69) is 15.0 Å². The molecule has 1 amide bonds. The number of aromatic nitrogens is 2. The van der Waals surface area contributed by atoms with Crippen molar-refractivity contribution >= 4 is 33.0 Å². The zero-order valence-corrected chi connectivity index (χ0v) is 18.2. The molecule has 4 rings (SSSR count). The van der Waals surface area contributed by atoms with Gasteiger partial charge in [0.25, 0.3) is 10.0 Å². The lowest BCUT2D eigenvalue weighted by Crippen LogP contribution is -2.15. The molecule has 31 heavy (non-hydrogen) atoms. The molecule has 0 fully saturated rings. The van der Waals surface area contributed by atoms with Gasteiger partial charge in [-0.1, -0.05) is 12.1 Å². The quantitative estimate of drug-likeness (QED) is 0.488. The van der Waals surface area contributed by atoms with Crippen molar-refractivity contribution in [1.29, 1.82) is 0 Å². The number of anilines is 2. The van der Waals surface area contributed by atoms with E-state index in [9.17, 15) is 13.2 Å². The molecule has 0 aliphatic rings. The number of fused-ring (bicyclic) bond motifs is 1. The summed E-state index contributed by atoms with van der Waals surface area (Å²) < 4.78 is 30.5. The zero-order chi connectivity index (χ0) is 22.2. The molecule has 0 saturated heterocycles. The molecule has 0 aliphatic carbocycles. The van der Waals surface area contributed by atoms with Gasteiger partial charge in [-0.25, -0.2) is 13.4 Å². The monoisotopic (exact) mass is 434 g/mol. The van der Waals surface area contributed by atoms with Gasteiger partial charge in [-0.15, -0.1) is 0 Å². The average Bonchev–Trinajstić information content (AvgIpc) is 3.10. The Labute approximate surface area is 180 Å². The van der Waals surface area contributed by atoms with Crippen molar-refractivity contribution in [2.45, 2.75) is 25.7 Å². The van der Waals surface area contributed by atoms with Crippen molar-refractivity contribution in [2.24, 2.45) is 0 Å². The van der Waals surface area contributed by atoms with Crippen molar-refractivity contribution < 1.29 is 13.2 Å². The number of imidazole rings is 1. The van der Waals surface area contributed by atoms with Gasteiger partial charge in [-0.3, -0.25) is 9.52 Å². The Bertz CT molecular complexity index is 1410. The number of hydrogen-bond donors (Lipinski definition) is 2. The Hall–Kier alpha value is -3.65. The van der Waals surface area contributed by atoms with Crippen molar-refractivity contribution in [2.75, 3.05) is 10.0 Å². The van der Waals surface area contributed by atoms with E-state index in [-0.39, 0.29) is 10.8 Å². The molecule has 158 valence electrons. The van der Waals surface area contributed by atoms with E-state index in [1.807, 2.05) is 41.9 Å². The van der Waals surface area contributed by atoms with E-state index >= 15 is 0 Å². The molecular formula is C23H22N4O3S. The molecule has 8 heteroatoms. The van der Waals surface area contributed by atoms with Gasteiger partial charge in [0.2, 0.25) is 5.91 Å². The summed E-state index contributed by atoms with van der Waals surface area (Å²) in [6, 6.07) is 15.8. The molecule has 4 aromatic rings. The molecule has 2 heterocycles. The highest BCUT2D eigenvalue weighted by atomic mass is 32.2. The predicted molar refractivity (Wildman–Crippen MR) is 122 cm³/mol. The molecule has 0 saturated carbocycles. The summed E-state index contributed by atoms with van der Waals surface area (Å²) in [5, 5.41) is 2.65. The van der Waals surface area contributed by atoms with E-state index in [0.717, 1.165) is 22.5 Å². The normalized spacial score (nSPS) is 11.5. The summed E-state index contributed by atoms with van der Waals surface area (Å²) in [6.45, 7) is 5.10. The summed E-state index contributed by atoms with van der Waals surface area (Å²) >= 11 is 0. The topological polar surface area (TPSA) is 92.6 Å². The minimum Gasteiger partial charge on any atom is -0.326 e. The van der Waals surface area contributed by atoms with Crippen molar-refractivity contribution in [3.8, 4) is 11.3 Å². The fourth-order valence-corrected chi connectivity index (χ4v) is 4.68. The number of carbonyl (C=O) groups excluding carboxylic acids is 1. The first-order valence-electron chi connectivity index (χ1n) is 9.68. The van der Waals surface area contributed by atoms with Gasteiger partial charge < -0.3 is 9.72 Å². The van der Waals surface area contributed by atoms with Crippen LogP contribution in [-0.4, -0.2) is 23.7 Å². The van der Waals surface area contributed by atoms with Gasteiger partial charge in [0.1, 0.15) is 5.65 Å². The second-order valence-electron chi connectivity index (χ2n) is 7.44. The highest BCUT2D eigenvalue weighted by Gasteiger charge is 2.18. The van der Waals surface area contributed by atoms with E-state index in [1.54, 1.807) is 37.3 Å². The maximum Gasteiger partial charge on any atom is 0.262 e. The third-order valence-electron chi connectivity index (χ3n) is 4.81. The van der Waals surface area contributed by atoms with Gasteiger partial charge in [-0.05, 0) is 67.4 Å². The van der Waals surface area contributed by atoms with Gasteiger partial charge in [0.15, 0.2) is 0 Å². The first-order valence-corrected chi connectivity index (χ1v) is 11.2. The van der Waals surface area contributed by atoms with Gasteiger partial charge in [-0.2, -0.15) is 0 Å². The maximum atomic E-state index is 13.0. The molecule has 0 radical (unpaired) electrons. The number of aryl methyl sites for hydroxylation is 2. The molecule has 2 aromatic carbocycles. The number of amides is 1. The standard InChI is InChI=1S/C23H22N4O3S/c1-15-9-10-27-14-21(25-23(27)11-15)18-5-4-6-20(13-18)26-31(29,30)22-8-7-19(12-16(22)2)24-17(3)28/h4-14,26H,1-3H3,(H,24,28). The molecule has 2 N–H and O–H groups in total. The van der Waals surface area contributed by atoms with Crippen LogP contribution in [0, 0.1) is 13.8 Å². The molecule has 0 unspecified atom stereocenters. The largest absolute Gasteiger partial charge is 0.326 e. The second-order valence-corrected chi connectivity index (χ2v) is 9.09. The lowest BCUT2D eigenvalue weighted by molar-refractivity contribution is -0.114. The third kappa shape index (κ3) is 4.44. The highest BCUT2D eigenvalue weighted by molar-refractivity contribution is 7.92. The Balaban J connectivity index is 1.62. The molecular weight excluding hydrogens is 412 g/mol. The number of nitrogens with zero attached hydrogens (tertiary/aromatic N) is 2. The number of nitrogens with one attached hydrogen (secondary N) is 2. The van der Waals surface area contributed by atoms with Crippen LogP contribution in [0.3, 0.4) is 0 Å². The van der Waals surface area contributed by atoms with Crippen LogP contribution in [0.5, 0.6) is 0 Å². The number of carbonyl (C=O) groups is 1. The van der Waals surface area contributed by atoms with E-state index in [1.165, 1.54) is 13.0 Å². The molecule has 7 nitrogen and oxygen atoms in total. The van der Waals surface area contributed by atoms with Gasteiger partial charge in [0, 0.05) is 36.3 Å². The summed E-state index contributed by atoms with van der Waals surface area (Å²) in [4.78, 5) is 16.0. The zero-order valence-electron chi connectivity index (χ0n) is 17.4. The van der Waals surface area contributed by atoms with Crippen molar-refractivity contribution in [3.05, 3.63) is 78.1 Å². The summed E-state index contributed by atoms with van der Waals surface area (Å²) in [6.07, 6.45) is 3.86. The van der Waals surface area contributed by atoms with E-state index in [0.29, 0.717) is 16.9 Å². The number of rotatable bonds is 5. The Morgan fingerprint density at radius 1 is 1.00 bits per heavy atom. The SMILES string of the molecule is CC(=O)Nc1ccc(S(=O)(=O)Nc2cccc(-c3cn4ccc(C)cc4n3)c2)c(C)c1. The van der Waals surface area contributed by atoms with Crippen LogP contribution in [0.2, 0.25) is 0 Å². The maximum absolute atomic E-state index is 13.0. The van der Waals surface area contributed by atoms with Crippen LogP contribution < -0.4 is 10.0 Å². The van der Waals surface area contributed by atoms with Crippen LogP contribution in [0.25, 0.3) is 16.9 Å². The number of pyridine rings is 1. The Kier molecular flexibility index (Phi) is 5.24. The molecule has 0 bridgehead atoms. The van der Waals surface area contributed by atoms with Crippen LogP contribution in [0.15, 0.2) is 71.9 Å². The van der Waals surface area contributed by atoms with Crippen molar-refractivity contribution in [3.63, 3.8) is 0 Å². The first kappa shape index (κ1) is 20.6. The van der Waals surface area contributed by atoms with Gasteiger partial charge in [0.05, 0.1) is 10.6 Å². The van der Waals surface area contributed by atoms with E-state index < -0.39 is 10.0 Å². The van der Waals surface area contributed by atoms with Crippen LogP contribution in [-0.2, 0) is 14.8 Å². The smallest absolute Gasteiger partial charge is 0.262 e. The minimum atomic E-state index is -3.81. The van der Waals surface area contributed by atoms with Crippen LogP contribution in [0.1, 0.15) is 18.1 Å². The predicted octanol–water partition coefficient (Wildman–Crippen LogP) is 4.38. The second kappa shape index (κ2) is 7.88.